The van der Waals surface area contributed by atoms with Gasteiger partial charge in [-0.15, -0.1) is 0 Å². The van der Waals surface area contributed by atoms with Gasteiger partial charge in [0.05, 0.1) is 13.0 Å². The zero-order chi connectivity index (χ0) is 23.2. The highest BCUT2D eigenvalue weighted by molar-refractivity contribution is 7.80. The molecule has 2 aromatic carbocycles. The molecule has 0 fully saturated rings. The molecule has 0 bridgehead atoms. The molecule has 2 aromatic rings. The fourth-order valence-corrected chi connectivity index (χ4v) is 2.60. The minimum atomic E-state index is -0.515. The number of hydrogen-bond donors (Lipinski definition) is 3. The molecule has 0 atom stereocenters. The van der Waals surface area contributed by atoms with Gasteiger partial charge in [-0.05, 0) is 35.5 Å². The number of nitrogens with one attached hydrogen (secondary N) is 3. The maximum Gasteiger partial charge on any atom is 0.306 e. The lowest BCUT2D eigenvalue weighted by Gasteiger charge is -2.11. The number of amides is 2. The summed E-state index contributed by atoms with van der Waals surface area (Å²) in [6.07, 6.45) is -0.203. The molecule has 0 heterocycles. The number of thiocarbonyl (C=S) groups is 1. The van der Waals surface area contributed by atoms with E-state index in [0.29, 0.717) is 5.75 Å². The molecule has 0 aliphatic carbocycles. The molecule has 32 heavy (non-hydrogen) atoms. The fraction of sp³-hybridized carbons (Fsp3) is 0.273. The fourth-order valence-electron chi connectivity index (χ4n) is 2.43. The van der Waals surface area contributed by atoms with E-state index in [9.17, 15) is 14.4 Å². The van der Waals surface area contributed by atoms with Crippen molar-refractivity contribution in [2.75, 3.05) is 26.9 Å². The number of esters is 1. The number of rotatable bonds is 10. The largest absolute Gasteiger partial charge is 0.484 e. The zero-order valence-corrected chi connectivity index (χ0v) is 18.4. The third-order valence-corrected chi connectivity index (χ3v) is 4.21. The first-order chi connectivity index (χ1) is 15.5. The highest BCUT2D eigenvalue weighted by Crippen LogP contribution is 2.21. The van der Waals surface area contributed by atoms with Crippen molar-refractivity contribution < 1.29 is 28.6 Å². The van der Waals surface area contributed by atoms with Gasteiger partial charge in [0, 0.05) is 13.5 Å². The lowest BCUT2D eigenvalue weighted by atomic mass is 10.1. The van der Waals surface area contributed by atoms with E-state index in [1.807, 2.05) is 42.5 Å². The molecule has 0 aliphatic heterocycles. The molecule has 0 saturated heterocycles. The average Bonchev–Trinajstić information content (AvgIpc) is 2.81. The van der Waals surface area contributed by atoms with Crippen LogP contribution in [0.2, 0.25) is 0 Å². The van der Waals surface area contributed by atoms with Gasteiger partial charge in [0.1, 0.15) is 12.4 Å². The van der Waals surface area contributed by atoms with Crippen LogP contribution in [0.15, 0.2) is 54.6 Å². The van der Waals surface area contributed by atoms with E-state index in [2.05, 4.69) is 16.2 Å². The Morgan fingerprint density at radius 3 is 2.22 bits per heavy atom. The molecule has 9 nitrogen and oxygen atoms in total. The number of benzene rings is 2. The maximum absolute atomic E-state index is 11.9. The first-order valence-electron chi connectivity index (χ1n) is 9.79. The number of ether oxygens (including phenoxy) is 3. The summed E-state index contributed by atoms with van der Waals surface area (Å²) in [5, 5.41) is 2.24. The van der Waals surface area contributed by atoms with Crippen LogP contribution in [0.1, 0.15) is 12.8 Å². The summed E-state index contributed by atoms with van der Waals surface area (Å²) in [5.41, 5.74) is 6.83. The molecule has 0 radical (unpaired) electrons. The van der Waals surface area contributed by atoms with Crippen molar-refractivity contribution in [2.45, 2.75) is 12.8 Å². The molecule has 3 N–H and O–H groups in total. The first-order valence-corrected chi connectivity index (χ1v) is 10.2. The van der Waals surface area contributed by atoms with E-state index in [1.165, 1.54) is 7.11 Å². The van der Waals surface area contributed by atoms with E-state index in [0.717, 1.165) is 11.1 Å². The topological polar surface area (TPSA) is 115 Å². The SMILES string of the molecule is COCCOC(=O)CCC(=O)NC(=S)NNC(=O)COc1ccc(-c2ccccc2)cc1. The zero-order valence-electron chi connectivity index (χ0n) is 17.6. The van der Waals surface area contributed by atoms with Gasteiger partial charge in [0.15, 0.2) is 11.7 Å². The van der Waals surface area contributed by atoms with Crippen molar-refractivity contribution in [3.8, 4) is 16.9 Å². The predicted molar refractivity (Wildman–Crippen MR) is 121 cm³/mol. The lowest BCUT2D eigenvalue weighted by molar-refractivity contribution is -0.146. The third-order valence-electron chi connectivity index (χ3n) is 4.01. The predicted octanol–water partition coefficient (Wildman–Crippen LogP) is 1.72. The van der Waals surface area contributed by atoms with Crippen molar-refractivity contribution >= 4 is 35.1 Å². The second-order valence-electron chi connectivity index (χ2n) is 6.44. The van der Waals surface area contributed by atoms with Crippen LogP contribution in [0.5, 0.6) is 5.75 Å². The van der Waals surface area contributed by atoms with Crippen LogP contribution in [0.3, 0.4) is 0 Å². The van der Waals surface area contributed by atoms with Crippen LogP contribution in [0.4, 0.5) is 0 Å². The number of carbonyl (C=O) groups is 3. The third kappa shape index (κ3) is 9.54. The quantitative estimate of drug-likeness (QED) is 0.213. The summed E-state index contributed by atoms with van der Waals surface area (Å²) in [5.74, 6) is -0.961. The van der Waals surface area contributed by atoms with Gasteiger partial charge >= 0.3 is 5.97 Å². The summed E-state index contributed by atoms with van der Waals surface area (Å²) in [6.45, 7) is 0.165. The molecular weight excluding hydrogens is 434 g/mol. The van der Waals surface area contributed by atoms with Gasteiger partial charge < -0.3 is 19.5 Å². The number of methoxy groups -OCH3 is 1. The van der Waals surface area contributed by atoms with Gasteiger partial charge in [-0.1, -0.05) is 42.5 Å². The minimum Gasteiger partial charge on any atom is -0.484 e. The maximum atomic E-state index is 11.9. The van der Waals surface area contributed by atoms with Gasteiger partial charge in [0.2, 0.25) is 5.91 Å². The Morgan fingerprint density at radius 2 is 1.53 bits per heavy atom. The molecule has 2 amide bonds. The normalized spacial score (nSPS) is 10.0. The monoisotopic (exact) mass is 459 g/mol. The molecule has 0 spiro atoms. The van der Waals surface area contributed by atoms with Crippen LogP contribution in [0, 0.1) is 0 Å². The van der Waals surface area contributed by atoms with E-state index < -0.39 is 17.8 Å². The minimum absolute atomic E-state index is 0.0958. The van der Waals surface area contributed by atoms with Gasteiger partial charge in [-0.3, -0.25) is 25.2 Å². The van der Waals surface area contributed by atoms with Crippen LogP contribution in [-0.4, -0.2) is 49.8 Å². The lowest BCUT2D eigenvalue weighted by Crippen LogP contribution is -2.49. The van der Waals surface area contributed by atoms with Crippen molar-refractivity contribution in [1.82, 2.24) is 16.2 Å². The Morgan fingerprint density at radius 1 is 0.844 bits per heavy atom. The highest BCUT2D eigenvalue weighted by atomic mass is 32.1. The number of hydrazine groups is 1. The van der Waals surface area contributed by atoms with Crippen LogP contribution < -0.4 is 20.9 Å². The summed E-state index contributed by atoms with van der Waals surface area (Å²) < 4.78 is 15.0. The molecule has 2 rings (SSSR count). The van der Waals surface area contributed by atoms with Crippen molar-refractivity contribution in [3.05, 3.63) is 54.6 Å². The first kappa shape index (κ1) is 24.8. The molecule has 0 aliphatic rings. The highest BCUT2D eigenvalue weighted by Gasteiger charge is 2.10. The molecule has 170 valence electrons. The summed E-state index contributed by atoms with van der Waals surface area (Å²) in [6, 6.07) is 17.2. The van der Waals surface area contributed by atoms with E-state index in [-0.39, 0.29) is 37.8 Å². The Hall–Kier alpha value is -3.50. The van der Waals surface area contributed by atoms with Crippen molar-refractivity contribution in [1.29, 1.82) is 0 Å². The van der Waals surface area contributed by atoms with Crippen LogP contribution in [0.25, 0.3) is 11.1 Å². The van der Waals surface area contributed by atoms with Gasteiger partial charge in [-0.25, -0.2) is 0 Å². The Balaban J connectivity index is 1.62. The Bertz CT molecular complexity index is 906. The Kier molecular flexibility index (Phi) is 10.6. The van der Waals surface area contributed by atoms with Crippen LogP contribution >= 0.6 is 12.2 Å². The average molecular weight is 460 g/mol. The number of hydrogen-bond acceptors (Lipinski definition) is 7. The van der Waals surface area contributed by atoms with Crippen molar-refractivity contribution in [2.24, 2.45) is 0 Å². The molecule has 10 heteroatoms. The molecule has 0 saturated carbocycles. The summed E-state index contributed by atoms with van der Waals surface area (Å²) >= 11 is 4.92. The number of carbonyl (C=O) groups excluding carboxylic acids is 3. The van der Waals surface area contributed by atoms with Gasteiger partial charge in [-0.2, -0.15) is 0 Å². The summed E-state index contributed by atoms with van der Waals surface area (Å²) in [7, 11) is 1.49. The standard InChI is InChI=1S/C22H25N3O6S/c1-29-13-14-30-21(28)12-11-19(26)23-22(32)25-24-20(27)15-31-18-9-7-17(8-10-18)16-5-3-2-4-6-16/h2-10H,11-15H2,1H3,(H,24,27)(H2,23,25,26,32). The summed E-state index contributed by atoms with van der Waals surface area (Å²) in [4.78, 5) is 35.1. The van der Waals surface area contributed by atoms with E-state index in [4.69, 9.17) is 26.4 Å². The van der Waals surface area contributed by atoms with Crippen molar-refractivity contribution in [3.63, 3.8) is 0 Å². The second-order valence-corrected chi connectivity index (χ2v) is 6.85. The van der Waals surface area contributed by atoms with E-state index in [1.54, 1.807) is 12.1 Å². The smallest absolute Gasteiger partial charge is 0.306 e. The molecule has 0 aromatic heterocycles. The molecular formula is C22H25N3O6S. The van der Waals surface area contributed by atoms with E-state index >= 15 is 0 Å². The second kappa shape index (κ2) is 13.7. The Labute approximate surface area is 191 Å². The van der Waals surface area contributed by atoms with Crippen LogP contribution in [-0.2, 0) is 23.9 Å². The van der Waals surface area contributed by atoms with Gasteiger partial charge in [0.25, 0.3) is 5.91 Å². The molecule has 0 unspecified atom stereocenters.